The Morgan fingerprint density at radius 1 is 0.791 bits per heavy atom. The fourth-order valence-electron chi connectivity index (χ4n) is 4.33. The second-order valence-corrected chi connectivity index (χ2v) is 10.0. The summed E-state index contributed by atoms with van der Waals surface area (Å²) in [7, 11) is 0. The van der Waals surface area contributed by atoms with Gasteiger partial charge in [0.15, 0.2) is 5.96 Å². The van der Waals surface area contributed by atoms with E-state index >= 15 is 0 Å². The molecule has 12 N–H and O–H groups in total. The molecular formula is C27H41N9O7. The van der Waals surface area contributed by atoms with Gasteiger partial charge in [-0.25, -0.2) is 0 Å². The van der Waals surface area contributed by atoms with E-state index in [9.17, 15) is 33.9 Å². The van der Waals surface area contributed by atoms with E-state index in [-0.39, 0.29) is 31.8 Å². The number of nitrogens with one attached hydrogen (secondary N) is 5. The summed E-state index contributed by atoms with van der Waals surface area (Å²) < 4.78 is 0. The van der Waals surface area contributed by atoms with Gasteiger partial charge in [-0.3, -0.25) is 33.8 Å². The van der Waals surface area contributed by atoms with Crippen molar-refractivity contribution in [2.24, 2.45) is 22.2 Å². The minimum absolute atomic E-state index is 0.0614. The largest absolute Gasteiger partial charge is 0.481 e. The van der Waals surface area contributed by atoms with Crippen LogP contribution in [-0.4, -0.2) is 90.4 Å². The van der Waals surface area contributed by atoms with Gasteiger partial charge >= 0.3 is 5.97 Å². The van der Waals surface area contributed by atoms with Crippen LogP contribution in [0.1, 0.15) is 44.1 Å². The van der Waals surface area contributed by atoms with Crippen LogP contribution in [0.2, 0.25) is 0 Å². The third kappa shape index (κ3) is 12.8. The predicted molar refractivity (Wildman–Crippen MR) is 156 cm³/mol. The number of aliphatic imine (C=N–C) groups is 1. The Kier molecular flexibility index (Phi) is 14.4. The molecule has 1 aliphatic rings. The lowest BCUT2D eigenvalue weighted by atomic mass is 10.0. The van der Waals surface area contributed by atoms with Crippen molar-refractivity contribution in [1.82, 2.24) is 26.6 Å². The number of carboxylic acid groups (broad SMARTS) is 1. The Bertz CT molecular complexity index is 1160. The molecule has 1 aromatic rings. The highest BCUT2D eigenvalue weighted by Gasteiger charge is 2.33. The minimum Gasteiger partial charge on any atom is -0.481 e. The number of hydrogen-bond acceptors (Lipinski definition) is 8. The van der Waals surface area contributed by atoms with Crippen molar-refractivity contribution in [2.75, 3.05) is 19.6 Å². The van der Waals surface area contributed by atoms with Crippen molar-refractivity contribution in [3.8, 4) is 0 Å². The molecule has 0 spiro atoms. The molecule has 1 saturated heterocycles. The Balaban J connectivity index is 2.45. The number of hydrogen-bond donors (Lipinski definition) is 9. The van der Waals surface area contributed by atoms with Gasteiger partial charge in [0, 0.05) is 13.0 Å². The van der Waals surface area contributed by atoms with Crippen LogP contribution in [0.15, 0.2) is 35.3 Å². The van der Waals surface area contributed by atoms with Crippen LogP contribution in [0.4, 0.5) is 0 Å². The zero-order valence-electron chi connectivity index (χ0n) is 23.8. The molecule has 0 bridgehead atoms. The third-order valence-corrected chi connectivity index (χ3v) is 6.53. The maximum atomic E-state index is 13.6. The van der Waals surface area contributed by atoms with E-state index in [2.05, 4.69) is 31.6 Å². The molecule has 1 heterocycles. The highest BCUT2D eigenvalue weighted by molar-refractivity contribution is 5.98. The topological polar surface area (TPSA) is 273 Å². The monoisotopic (exact) mass is 603 g/mol. The van der Waals surface area contributed by atoms with Crippen molar-refractivity contribution >= 4 is 41.5 Å². The molecule has 236 valence electrons. The fourth-order valence-corrected chi connectivity index (χ4v) is 4.33. The number of carboxylic acids is 1. The molecule has 0 aromatic heterocycles. The molecule has 1 aromatic carbocycles. The van der Waals surface area contributed by atoms with Crippen molar-refractivity contribution in [2.45, 2.75) is 69.1 Å². The van der Waals surface area contributed by atoms with Gasteiger partial charge in [0.1, 0.15) is 24.2 Å². The normalized spacial score (nSPS) is 22.0. The van der Waals surface area contributed by atoms with Gasteiger partial charge in [-0.1, -0.05) is 30.3 Å². The highest BCUT2D eigenvalue weighted by atomic mass is 16.4. The van der Waals surface area contributed by atoms with E-state index in [4.69, 9.17) is 17.2 Å². The van der Waals surface area contributed by atoms with Crippen LogP contribution in [0.5, 0.6) is 0 Å². The Morgan fingerprint density at radius 3 is 2.00 bits per heavy atom. The first kappa shape index (κ1) is 34.5. The van der Waals surface area contributed by atoms with E-state index in [0.717, 1.165) is 5.56 Å². The second-order valence-electron chi connectivity index (χ2n) is 10.0. The van der Waals surface area contributed by atoms with Crippen LogP contribution in [0.3, 0.4) is 0 Å². The van der Waals surface area contributed by atoms with E-state index in [1.54, 1.807) is 30.3 Å². The molecule has 16 nitrogen and oxygen atoms in total. The quantitative estimate of drug-likeness (QED) is 0.0661. The first-order chi connectivity index (χ1) is 20.5. The summed E-state index contributed by atoms with van der Waals surface area (Å²) in [6.07, 6.45) is 0.787. The predicted octanol–water partition coefficient (Wildman–Crippen LogP) is -3.04. The molecule has 16 heteroatoms. The molecule has 4 atom stereocenters. The maximum absolute atomic E-state index is 13.6. The number of nitrogens with zero attached hydrogens (tertiary/aromatic N) is 1. The molecule has 0 aliphatic carbocycles. The minimum atomic E-state index is -1.54. The number of aliphatic carboxylic acids is 1. The Morgan fingerprint density at radius 2 is 1.37 bits per heavy atom. The van der Waals surface area contributed by atoms with Crippen molar-refractivity contribution in [1.29, 1.82) is 0 Å². The van der Waals surface area contributed by atoms with E-state index in [1.165, 1.54) is 0 Å². The number of carbonyl (C=O) groups is 6. The third-order valence-electron chi connectivity index (χ3n) is 6.53. The van der Waals surface area contributed by atoms with Gasteiger partial charge in [-0.2, -0.15) is 0 Å². The highest BCUT2D eigenvalue weighted by Crippen LogP contribution is 2.09. The smallest absolute Gasteiger partial charge is 0.305 e. The van der Waals surface area contributed by atoms with Crippen LogP contribution in [0, 0.1) is 0 Å². The molecule has 5 amide bonds. The van der Waals surface area contributed by atoms with Crippen molar-refractivity contribution in [3.63, 3.8) is 0 Å². The van der Waals surface area contributed by atoms with Gasteiger partial charge in [-0.05, 0) is 44.2 Å². The first-order valence-electron chi connectivity index (χ1n) is 14.0. The lowest BCUT2D eigenvalue weighted by molar-refractivity contribution is -0.141. The molecule has 0 radical (unpaired) electrons. The molecular weight excluding hydrogens is 562 g/mol. The molecule has 1 fully saturated rings. The van der Waals surface area contributed by atoms with Crippen LogP contribution in [0.25, 0.3) is 0 Å². The maximum Gasteiger partial charge on any atom is 0.305 e. The van der Waals surface area contributed by atoms with Gasteiger partial charge in [-0.15, -0.1) is 0 Å². The average molecular weight is 604 g/mol. The van der Waals surface area contributed by atoms with Gasteiger partial charge in [0.25, 0.3) is 0 Å². The summed E-state index contributed by atoms with van der Waals surface area (Å²) in [6.45, 7) is -0.0978. The Labute approximate surface area is 249 Å². The number of unbranched alkanes of at least 4 members (excludes halogenated alkanes) is 1. The summed E-state index contributed by atoms with van der Waals surface area (Å²) in [5, 5.41) is 21.8. The molecule has 0 unspecified atom stereocenters. The molecule has 0 saturated carbocycles. The summed E-state index contributed by atoms with van der Waals surface area (Å²) in [5.74, 6) is -5.36. The number of rotatable bonds is 12. The summed E-state index contributed by atoms with van der Waals surface area (Å²) >= 11 is 0. The van der Waals surface area contributed by atoms with E-state index in [1.807, 2.05) is 0 Å². The van der Waals surface area contributed by atoms with Crippen LogP contribution >= 0.6 is 0 Å². The second kappa shape index (κ2) is 17.9. The summed E-state index contributed by atoms with van der Waals surface area (Å²) in [5.41, 5.74) is 17.0. The number of nitrogens with two attached hydrogens (primary N) is 3. The number of guanidine groups is 1. The zero-order chi connectivity index (χ0) is 31.8. The Hall–Kier alpha value is -4.73. The number of amides is 5. The van der Waals surface area contributed by atoms with Crippen molar-refractivity contribution in [3.05, 3.63) is 35.9 Å². The van der Waals surface area contributed by atoms with Gasteiger partial charge in [0.05, 0.1) is 13.0 Å². The van der Waals surface area contributed by atoms with Crippen molar-refractivity contribution < 1.29 is 33.9 Å². The lowest BCUT2D eigenvalue weighted by Crippen LogP contribution is -2.58. The summed E-state index contributed by atoms with van der Waals surface area (Å²) in [6, 6.07) is 3.87. The SMILES string of the molecule is NCCCC[C@H]1NC(=O)[C@@H](Cc2ccccc2)NC(=O)[C@H](CCCN=C(N)N)NC(=O)CNC(=O)[C@@H](CC(=O)O)NC1=O. The number of benzene rings is 1. The van der Waals surface area contributed by atoms with E-state index < -0.39 is 72.6 Å². The fraction of sp³-hybridized carbons (Fsp3) is 0.519. The molecule has 2 rings (SSSR count). The van der Waals surface area contributed by atoms with Crippen LogP contribution < -0.4 is 43.8 Å². The number of carbonyl (C=O) groups excluding carboxylic acids is 5. The van der Waals surface area contributed by atoms with E-state index in [0.29, 0.717) is 25.8 Å². The van der Waals surface area contributed by atoms with Crippen LogP contribution in [-0.2, 0) is 35.2 Å². The van der Waals surface area contributed by atoms with Gasteiger partial charge in [0.2, 0.25) is 29.5 Å². The zero-order valence-corrected chi connectivity index (χ0v) is 23.8. The first-order valence-corrected chi connectivity index (χ1v) is 14.0. The average Bonchev–Trinajstić information content (AvgIpc) is 2.95. The standard InChI is InChI=1S/C27H41N9O7/c28-11-5-4-9-18-25(42)36-20(14-22(38)39)23(40)32-15-21(37)33-17(10-6-12-31-27(29)30)24(41)35-19(26(43)34-18)13-16-7-2-1-3-8-16/h1-3,7-8,17-20H,4-6,9-15,28H2,(H,32,40)(H,33,37)(H,34,43)(H,35,41)(H,36,42)(H,38,39)(H4,29,30,31)/t17-,18+,19+,20+/m0/s1. The van der Waals surface area contributed by atoms with Gasteiger partial charge < -0.3 is 48.9 Å². The lowest BCUT2D eigenvalue weighted by Gasteiger charge is -2.26. The molecule has 1 aliphatic heterocycles. The summed E-state index contributed by atoms with van der Waals surface area (Å²) in [4.78, 5) is 81.1. The molecule has 43 heavy (non-hydrogen) atoms.